The first kappa shape index (κ1) is 22.6. The van der Waals surface area contributed by atoms with Gasteiger partial charge in [-0.1, -0.05) is 27.7 Å². The molecule has 10 heteroatoms. The Labute approximate surface area is 194 Å². The van der Waals surface area contributed by atoms with E-state index in [9.17, 15) is 19.5 Å². The van der Waals surface area contributed by atoms with E-state index in [-0.39, 0.29) is 22.5 Å². The summed E-state index contributed by atoms with van der Waals surface area (Å²) in [6, 6.07) is 3.08. The number of hydrogen-bond acceptors (Lipinski definition) is 8. The van der Waals surface area contributed by atoms with Gasteiger partial charge in [-0.3, -0.25) is 4.79 Å². The quantitative estimate of drug-likeness (QED) is 0.432. The Morgan fingerprint density at radius 1 is 1.13 bits per heavy atom. The number of nitrogens with zero attached hydrogens (tertiary/aromatic N) is 1. The Balaban J connectivity index is 2.23. The molecule has 0 bridgehead atoms. The molecule has 0 fully saturated rings. The van der Waals surface area contributed by atoms with Gasteiger partial charge < -0.3 is 19.5 Å². The maximum absolute atomic E-state index is 13.3. The third-order valence-electron chi connectivity index (χ3n) is 4.85. The van der Waals surface area contributed by atoms with Crippen LogP contribution in [0.4, 0.5) is 0 Å². The normalized spacial score (nSPS) is 20.4. The summed E-state index contributed by atoms with van der Waals surface area (Å²) in [4.78, 5) is 39.6. The first-order valence-corrected chi connectivity index (χ1v) is 11.0. The molecule has 1 unspecified atom stereocenters. The Morgan fingerprint density at radius 3 is 2.40 bits per heavy atom. The molecule has 3 rings (SSSR count). The van der Waals surface area contributed by atoms with Gasteiger partial charge in [0.1, 0.15) is 5.75 Å². The average molecular weight is 559 g/mol. The van der Waals surface area contributed by atoms with Gasteiger partial charge in [0.05, 0.1) is 29.8 Å². The van der Waals surface area contributed by atoms with E-state index in [2.05, 4.69) is 31.9 Å². The van der Waals surface area contributed by atoms with Gasteiger partial charge in [-0.2, -0.15) is 0 Å². The summed E-state index contributed by atoms with van der Waals surface area (Å²) in [6.07, 6.45) is 2.80. The maximum atomic E-state index is 13.3. The van der Waals surface area contributed by atoms with Gasteiger partial charge in [-0.15, -0.1) is 0 Å². The van der Waals surface area contributed by atoms with E-state index in [1.807, 2.05) is 6.92 Å². The molecule has 1 N–H and O–H groups in total. The van der Waals surface area contributed by atoms with Crippen LogP contribution in [0.5, 0.6) is 5.75 Å². The van der Waals surface area contributed by atoms with Gasteiger partial charge in [0.2, 0.25) is 4.87 Å². The van der Waals surface area contributed by atoms with Crippen molar-refractivity contribution in [2.75, 3.05) is 14.2 Å². The van der Waals surface area contributed by atoms with Crippen molar-refractivity contribution in [1.29, 1.82) is 0 Å². The third kappa shape index (κ3) is 3.40. The fourth-order valence-corrected chi connectivity index (χ4v) is 5.89. The molecule has 0 saturated heterocycles. The summed E-state index contributed by atoms with van der Waals surface area (Å²) in [5.41, 5.74) is 0.769. The number of phenolic OH excluding ortho intramolecular Hbond substituents is 1. The summed E-state index contributed by atoms with van der Waals surface area (Å²) in [7, 11) is 2.43. The molecule has 7 nitrogen and oxygen atoms in total. The van der Waals surface area contributed by atoms with Crippen LogP contribution in [0.3, 0.4) is 0 Å². The number of allylic oxidation sites excluding steroid dienone is 4. The number of ether oxygens (including phenoxy) is 2. The van der Waals surface area contributed by atoms with Crippen LogP contribution in [0.25, 0.3) is 0 Å². The highest BCUT2D eigenvalue weighted by Crippen LogP contribution is 2.53. The number of carbonyl (C=O) groups is 3. The highest BCUT2D eigenvalue weighted by Gasteiger charge is 2.58. The van der Waals surface area contributed by atoms with E-state index in [0.717, 1.165) is 16.7 Å². The fourth-order valence-electron chi connectivity index (χ4n) is 3.27. The summed E-state index contributed by atoms with van der Waals surface area (Å²) in [5, 5.41) is 10.4. The summed E-state index contributed by atoms with van der Waals surface area (Å²) >= 11 is 7.66. The van der Waals surface area contributed by atoms with Gasteiger partial charge in [0.15, 0.2) is 5.78 Å². The minimum absolute atomic E-state index is 0.0266. The van der Waals surface area contributed by atoms with Gasteiger partial charge in [-0.25, -0.2) is 9.59 Å². The number of Topliss-reactive ketones (excluding diaryl/α,β-unsaturated/α-hetero) is 1. The Hall–Kier alpha value is -2.04. The molecule has 0 aromatic heterocycles. The van der Waals surface area contributed by atoms with E-state index in [0.29, 0.717) is 14.6 Å². The van der Waals surface area contributed by atoms with Gasteiger partial charge in [-0.05, 0) is 48.0 Å². The van der Waals surface area contributed by atoms with E-state index < -0.39 is 22.6 Å². The third-order valence-corrected chi connectivity index (χ3v) is 7.39. The number of fused-ring (bicyclic) bond motifs is 1. The Kier molecular flexibility index (Phi) is 6.22. The number of methoxy groups -OCH3 is 2. The predicted molar refractivity (Wildman–Crippen MR) is 119 cm³/mol. The zero-order valence-corrected chi connectivity index (χ0v) is 20.4. The second kappa shape index (κ2) is 8.24. The topological polar surface area (TPSA) is 93.1 Å². The lowest BCUT2D eigenvalue weighted by atomic mass is 9.93. The van der Waals surface area contributed by atoms with Crippen LogP contribution in [0.1, 0.15) is 24.2 Å². The van der Waals surface area contributed by atoms with E-state index >= 15 is 0 Å². The molecule has 0 radical (unpaired) electrons. The van der Waals surface area contributed by atoms with Crippen molar-refractivity contribution in [2.24, 2.45) is 0 Å². The molecular formula is C20H17Br2NO6S. The van der Waals surface area contributed by atoms with Crippen LogP contribution in [0.2, 0.25) is 0 Å². The van der Waals surface area contributed by atoms with Crippen molar-refractivity contribution in [3.05, 3.63) is 60.7 Å². The lowest BCUT2D eigenvalue weighted by Gasteiger charge is -2.38. The van der Waals surface area contributed by atoms with Crippen LogP contribution in [-0.2, 0) is 19.1 Å². The lowest BCUT2D eigenvalue weighted by molar-refractivity contribution is -0.149. The van der Waals surface area contributed by atoms with Crippen molar-refractivity contribution in [1.82, 2.24) is 4.90 Å². The molecule has 2 heterocycles. The van der Waals surface area contributed by atoms with Crippen molar-refractivity contribution in [3.63, 3.8) is 0 Å². The van der Waals surface area contributed by atoms with Crippen LogP contribution in [-0.4, -0.2) is 46.8 Å². The van der Waals surface area contributed by atoms with E-state index in [1.54, 1.807) is 17.9 Å². The van der Waals surface area contributed by atoms with Crippen molar-refractivity contribution < 1.29 is 29.0 Å². The molecule has 0 amide bonds. The zero-order valence-electron chi connectivity index (χ0n) is 16.4. The van der Waals surface area contributed by atoms with Crippen LogP contribution < -0.4 is 0 Å². The smallest absolute Gasteiger partial charge is 0.348 e. The number of thioether (sulfide) groups is 1. The molecule has 1 aromatic carbocycles. The molecule has 1 atom stereocenters. The standard InChI is InChI=1S/C20H17Br2NO6S/c1-9-10(2)30-20(19(27)29-4)14(18(26)28-3)5-11(8-23(9)20)16(24)13-6-12(21)7-15(22)17(13)25/h5-8,25H,1-4H3. The number of rotatable bonds is 4. The minimum atomic E-state index is -1.53. The van der Waals surface area contributed by atoms with Gasteiger partial charge >= 0.3 is 11.9 Å². The van der Waals surface area contributed by atoms with Crippen LogP contribution in [0.15, 0.2) is 55.1 Å². The first-order valence-electron chi connectivity index (χ1n) is 8.57. The maximum Gasteiger partial charge on any atom is 0.348 e. The Morgan fingerprint density at radius 2 is 1.80 bits per heavy atom. The largest absolute Gasteiger partial charge is 0.506 e. The predicted octanol–water partition coefficient (Wildman–Crippen LogP) is 4.27. The number of phenols is 1. The molecule has 2 aliphatic heterocycles. The van der Waals surface area contributed by atoms with Crippen molar-refractivity contribution >= 4 is 61.3 Å². The van der Waals surface area contributed by atoms with Crippen molar-refractivity contribution in [3.8, 4) is 5.75 Å². The molecular weight excluding hydrogens is 542 g/mol. The molecule has 0 spiro atoms. The number of hydrogen-bond donors (Lipinski definition) is 1. The molecule has 1 aromatic rings. The average Bonchev–Trinajstić information content (AvgIpc) is 2.99. The molecule has 2 aliphatic rings. The van der Waals surface area contributed by atoms with Crippen LogP contribution in [0, 0.1) is 0 Å². The monoisotopic (exact) mass is 557 g/mol. The number of ketones is 1. The first-order chi connectivity index (χ1) is 14.1. The molecule has 30 heavy (non-hydrogen) atoms. The second-order valence-electron chi connectivity index (χ2n) is 6.50. The van der Waals surface area contributed by atoms with Gasteiger partial charge in [0, 0.05) is 26.8 Å². The van der Waals surface area contributed by atoms with Gasteiger partial charge in [0.25, 0.3) is 0 Å². The highest BCUT2D eigenvalue weighted by molar-refractivity contribution is 9.11. The van der Waals surface area contributed by atoms with E-state index in [1.165, 1.54) is 32.6 Å². The number of esters is 2. The SMILES string of the molecule is COC(=O)C1=CC(C(=O)c2cc(Br)cc(Br)c2O)=CN2C(C)=C(C)SC12C(=O)OC. The number of benzene rings is 1. The molecule has 158 valence electrons. The molecule has 0 aliphatic carbocycles. The lowest BCUT2D eigenvalue weighted by Crippen LogP contribution is -2.52. The van der Waals surface area contributed by atoms with Crippen molar-refractivity contribution in [2.45, 2.75) is 18.7 Å². The second-order valence-corrected chi connectivity index (χ2v) is 9.67. The Bertz CT molecular complexity index is 1080. The summed E-state index contributed by atoms with van der Waals surface area (Å²) in [6.45, 7) is 3.59. The zero-order chi connectivity index (χ0) is 22.4. The highest BCUT2D eigenvalue weighted by atomic mass is 79.9. The number of halogens is 2. The summed E-state index contributed by atoms with van der Waals surface area (Å²) in [5.74, 6) is -2.20. The van der Waals surface area contributed by atoms with Crippen LogP contribution >= 0.6 is 43.6 Å². The number of aromatic hydroxyl groups is 1. The summed E-state index contributed by atoms with van der Waals surface area (Å²) < 4.78 is 10.8. The number of carbonyl (C=O) groups excluding carboxylic acids is 3. The molecule has 0 saturated carbocycles. The fraction of sp³-hybridized carbons (Fsp3) is 0.250. The minimum Gasteiger partial charge on any atom is -0.506 e. The van der Waals surface area contributed by atoms with E-state index in [4.69, 9.17) is 9.47 Å².